The van der Waals surface area contributed by atoms with Gasteiger partial charge in [-0.3, -0.25) is 14.8 Å². The monoisotopic (exact) mass is 409 g/mol. The summed E-state index contributed by atoms with van der Waals surface area (Å²) in [5.41, 5.74) is 2.71. The molecule has 0 aliphatic heterocycles. The first-order valence-corrected chi connectivity index (χ1v) is 7.56. The predicted molar refractivity (Wildman–Crippen MR) is 91.7 cm³/mol. The lowest BCUT2D eigenvalue weighted by Crippen LogP contribution is -2.12. The van der Waals surface area contributed by atoms with Crippen molar-refractivity contribution in [1.82, 2.24) is 9.97 Å². The Kier molecular flexibility index (Phi) is 4.03. The van der Waals surface area contributed by atoms with Gasteiger partial charge in [0.15, 0.2) is 0 Å². The van der Waals surface area contributed by atoms with E-state index in [0.29, 0.717) is 16.1 Å². The van der Waals surface area contributed by atoms with Crippen LogP contribution in [0, 0.1) is 3.57 Å². The molecule has 4 nitrogen and oxygen atoms in total. The summed E-state index contributed by atoms with van der Waals surface area (Å²) in [4.78, 5) is 20.7. The summed E-state index contributed by atoms with van der Waals surface area (Å²) in [5.74, 6) is -0.192. The average Bonchev–Trinajstić information content (AvgIpc) is 2.49. The van der Waals surface area contributed by atoms with Crippen molar-refractivity contribution in [1.29, 1.82) is 0 Å². The number of nitrogens with one attached hydrogen (secondary N) is 1. The maximum atomic E-state index is 12.3. The average molecular weight is 410 g/mol. The quantitative estimate of drug-likeness (QED) is 0.647. The number of carbonyl (C=O) groups excluding carboxylic acids is 1. The van der Waals surface area contributed by atoms with Crippen molar-refractivity contribution >= 4 is 56.8 Å². The largest absolute Gasteiger partial charge is 0.321 e. The van der Waals surface area contributed by atoms with Crippen molar-refractivity contribution in [3.63, 3.8) is 0 Å². The SMILES string of the molecule is O=C(Nc1ccc(Cl)cc1I)c1ccc2nccnc2c1. The summed E-state index contributed by atoms with van der Waals surface area (Å²) in [6.45, 7) is 0. The topological polar surface area (TPSA) is 54.9 Å². The number of halogens is 2. The fourth-order valence-electron chi connectivity index (χ4n) is 1.89. The van der Waals surface area contributed by atoms with Crippen molar-refractivity contribution in [2.45, 2.75) is 0 Å². The molecular formula is C15H9ClIN3O. The predicted octanol–water partition coefficient (Wildman–Crippen LogP) is 4.14. The van der Waals surface area contributed by atoms with Crippen LogP contribution >= 0.6 is 34.2 Å². The number of benzene rings is 2. The summed E-state index contributed by atoms with van der Waals surface area (Å²) in [7, 11) is 0. The normalized spacial score (nSPS) is 10.6. The molecule has 0 bridgehead atoms. The van der Waals surface area contributed by atoms with E-state index in [9.17, 15) is 4.79 Å². The number of carbonyl (C=O) groups is 1. The first-order chi connectivity index (χ1) is 10.1. The zero-order valence-corrected chi connectivity index (χ0v) is 13.6. The second-order valence-electron chi connectivity index (χ2n) is 4.34. The third kappa shape index (κ3) is 3.14. The molecule has 0 aliphatic rings. The molecule has 104 valence electrons. The number of fused-ring (bicyclic) bond motifs is 1. The fraction of sp³-hybridized carbons (Fsp3) is 0. The molecule has 0 fully saturated rings. The highest BCUT2D eigenvalue weighted by molar-refractivity contribution is 14.1. The van der Waals surface area contributed by atoms with Crippen LogP contribution in [0.3, 0.4) is 0 Å². The Hall–Kier alpha value is -1.73. The number of aromatic nitrogens is 2. The Labute approximate surface area is 139 Å². The number of anilines is 1. The molecule has 0 aliphatic carbocycles. The molecule has 0 unspecified atom stereocenters. The summed E-state index contributed by atoms with van der Waals surface area (Å²) >= 11 is 8.03. The highest BCUT2D eigenvalue weighted by Gasteiger charge is 2.09. The first kappa shape index (κ1) is 14.2. The van der Waals surface area contributed by atoms with E-state index in [2.05, 4.69) is 37.9 Å². The molecule has 0 spiro atoms. The molecule has 3 aromatic rings. The van der Waals surface area contributed by atoms with Gasteiger partial charge in [-0.1, -0.05) is 11.6 Å². The van der Waals surface area contributed by atoms with Crippen molar-refractivity contribution in [2.75, 3.05) is 5.32 Å². The highest BCUT2D eigenvalue weighted by atomic mass is 127. The molecule has 0 saturated heterocycles. The summed E-state index contributed by atoms with van der Waals surface area (Å²) < 4.78 is 0.883. The third-order valence-electron chi connectivity index (χ3n) is 2.91. The van der Waals surface area contributed by atoms with Crippen LogP contribution in [-0.2, 0) is 0 Å². The van der Waals surface area contributed by atoms with E-state index < -0.39 is 0 Å². The molecule has 0 saturated carbocycles. The molecule has 1 amide bonds. The Morgan fingerprint density at radius 2 is 1.81 bits per heavy atom. The molecule has 3 rings (SSSR count). The van der Waals surface area contributed by atoms with Gasteiger partial charge in [0, 0.05) is 26.5 Å². The molecule has 0 radical (unpaired) electrons. The molecule has 21 heavy (non-hydrogen) atoms. The van der Waals surface area contributed by atoms with Crippen molar-refractivity contribution in [2.24, 2.45) is 0 Å². The lowest BCUT2D eigenvalue weighted by atomic mass is 10.1. The van der Waals surface area contributed by atoms with Crippen LogP contribution in [0.2, 0.25) is 5.02 Å². The summed E-state index contributed by atoms with van der Waals surface area (Å²) in [5, 5.41) is 3.50. The van der Waals surface area contributed by atoms with E-state index in [1.807, 2.05) is 0 Å². The van der Waals surface area contributed by atoms with Crippen molar-refractivity contribution in [3.8, 4) is 0 Å². The second kappa shape index (κ2) is 5.95. The molecule has 2 aromatic carbocycles. The second-order valence-corrected chi connectivity index (χ2v) is 5.94. The standard InChI is InChI=1S/C15H9ClIN3O/c16-10-2-4-12(11(17)8-10)20-15(21)9-1-3-13-14(7-9)19-6-5-18-13/h1-8H,(H,20,21). The maximum absolute atomic E-state index is 12.3. The Morgan fingerprint density at radius 3 is 2.57 bits per heavy atom. The maximum Gasteiger partial charge on any atom is 0.255 e. The van der Waals surface area contributed by atoms with Gasteiger partial charge in [0.2, 0.25) is 0 Å². The number of hydrogen-bond acceptors (Lipinski definition) is 3. The van der Waals surface area contributed by atoms with Crippen LogP contribution in [0.25, 0.3) is 11.0 Å². The minimum atomic E-state index is -0.192. The lowest BCUT2D eigenvalue weighted by molar-refractivity contribution is 0.102. The number of amides is 1. The molecule has 0 atom stereocenters. The van der Waals surface area contributed by atoms with Gasteiger partial charge in [-0.15, -0.1) is 0 Å². The third-order valence-corrected chi connectivity index (χ3v) is 4.04. The first-order valence-electron chi connectivity index (χ1n) is 6.11. The minimum absolute atomic E-state index is 0.192. The fourth-order valence-corrected chi connectivity index (χ4v) is 2.90. The molecule has 1 N–H and O–H groups in total. The number of hydrogen-bond donors (Lipinski definition) is 1. The van der Waals surface area contributed by atoms with Gasteiger partial charge in [-0.2, -0.15) is 0 Å². The smallest absolute Gasteiger partial charge is 0.255 e. The van der Waals surface area contributed by atoms with Gasteiger partial charge in [0.05, 0.1) is 16.7 Å². The van der Waals surface area contributed by atoms with E-state index >= 15 is 0 Å². The molecule has 1 aromatic heterocycles. The van der Waals surface area contributed by atoms with Crippen LogP contribution < -0.4 is 5.32 Å². The van der Waals surface area contributed by atoms with Gasteiger partial charge in [-0.05, 0) is 59.0 Å². The van der Waals surface area contributed by atoms with Gasteiger partial charge < -0.3 is 5.32 Å². The summed E-state index contributed by atoms with van der Waals surface area (Å²) in [6.07, 6.45) is 3.23. The molecular weight excluding hydrogens is 401 g/mol. The van der Waals surface area contributed by atoms with E-state index in [1.165, 1.54) is 0 Å². The van der Waals surface area contributed by atoms with Gasteiger partial charge in [0.1, 0.15) is 0 Å². The van der Waals surface area contributed by atoms with E-state index in [0.717, 1.165) is 14.8 Å². The van der Waals surface area contributed by atoms with Crippen LogP contribution in [0.15, 0.2) is 48.8 Å². The van der Waals surface area contributed by atoms with Crippen LogP contribution in [0.5, 0.6) is 0 Å². The van der Waals surface area contributed by atoms with E-state index in [-0.39, 0.29) is 5.91 Å². The van der Waals surface area contributed by atoms with Crippen molar-refractivity contribution in [3.05, 3.63) is 62.9 Å². The Balaban J connectivity index is 1.89. The van der Waals surface area contributed by atoms with E-state index in [1.54, 1.807) is 48.8 Å². The van der Waals surface area contributed by atoms with Crippen LogP contribution in [-0.4, -0.2) is 15.9 Å². The van der Waals surface area contributed by atoms with Gasteiger partial charge in [-0.25, -0.2) is 0 Å². The zero-order chi connectivity index (χ0) is 14.8. The zero-order valence-electron chi connectivity index (χ0n) is 10.7. The van der Waals surface area contributed by atoms with E-state index in [4.69, 9.17) is 11.6 Å². The van der Waals surface area contributed by atoms with Gasteiger partial charge in [0.25, 0.3) is 5.91 Å². The Bertz CT molecular complexity index is 838. The number of rotatable bonds is 2. The minimum Gasteiger partial charge on any atom is -0.321 e. The van der Waals surface area contributed by atoms with Crippen LogP contribution in [0.4, 0.5) is 5.69 Å². The van der Waals surface area contributed by atoms with Gasteiger partial charge >= 0.3 is 0 Å². The number of nitrogens with zero attached hydrogens (tertiary/aromatic N) is 2. The summed E-state index contributed by atoms with van der Waals surface area (Å²) in [6, 6.07) is 10.6. The highest BCUT2D eigenvalue weighted by Crippen LogP contribution is 2.23. The molecule has 1 heterocycles. The Morgan fingerprint density at radius 1 is 1.05 bits per heavy atom. The van der Waals surface area contributed by atoms with Crippen molar-refractivity contribution < 1.29 is 4.79 Å². The van der Waals surface area contributed by atoms with Crippen LogP contribution in [0.1, 0.15) is 10.4 Å². The molecule has 6 heteroatoms. The lowest BCUT2D eigenvalue weighted by Gasteiger charge is -2.08.